The zero-order valence-electron chi connectivity index (χ0n) is 20.3. The Bertz CT molecular complexity index is 1050. The highest BCUT2D eigenvalue weighted by atomic mass is 16.4. The van der Waals surface area contributed by atoms with Crippen LogP contribution >= 0.6 is 0 Å². The molecule has 0 saturated carbocycles. The fourth-order valence-electron chi connectivity index (χ4n) is 6.35. The smallest absolute Gasteiger partial charge is 0.426 e. The molecule has 2 aromatic heterocycles. The third-order valence-electron chi connectivity index (χ3n) is 8.04. The van der Waals surface area contributed by atoms with Gasteiger partial charge < -0.3 is 14.9 Å². The second kappa shape index (κ2) is 10.2. The zero-order chi connectivity index (χ0) is 24.4. The number of unbranched alkanes of at least 4 members (excludes halogenated alkanes) is 2. The van der Waals surface area contributed by atoms with Crippen molar-refractivity contribution in [3.8, 4) is 0 Å². The van der Waals surface area contributed by atoms with Crippen molar-refractivity contribution in [1.82, 2.24) is 4.90 Å². The predicted octanol–water partition coefficient (Wildman–Crippen LogP) is 1.02. The molecule has 2 aromatic rings. The van der Waals surface area contributed by atoms with Gasteiger partial charge in [-0.25, -0.2) is 0 Å². The van der Waals surface area contributed by atoms with Crippen LogP contribution in [0.5, 0.6) is 0 Å². The maximum absolute atomic E-state index is 12.4. The average molecular weight is 479 g/mol. The summed E-state index contributed by atoms with van der Waals surface area (Å²) in [6.07, 6.45) is 9.85. The van der Waals surface area contributed by atoms with Gasteiger partial charge >= 0.3 is 13.4 Å². The number of ketones is 1. The third kappa shape index (κ3) is 4.77. The van der Waals surface area contributed by atoms with Crippen molar-refractivity contribution in [1.29, 1.82) is 0 Å². The van der Waals surface area contributed by atoms with E-state index in [4.69, 9.17) is 0 Å². The Morgan fingerprint density at radius 1 is 0.943 bits per heavy atom. The number of hydrogen-bond donors (Lipinski definition) is 2. The number of aromatic nitrogens is 2. The van der Waals surface area contributed by atoms with Gasteiger partial charge in [-0.1, -0.05) is 9.13 Å². The molecule has 5 heterocycles. The van der Waals surface area contributed by atoms with Gasteiger partial charge in [-0.3, -0.25) is 9.59 Å². The standard InChI is InChI=1S/C26H36BN4O4/c32-23(13-14-25(33)30-17-8-12-24(30)27(34)35)11-2-1-7-18-31-19-21-9-3-5-15-28(21)26(31)29-16-6-4-10-22(29)20-31/h3-6,9-10,15-16,24,26,34-35H,1-2,7-8,11-14,17-20H2/q+3. The maximum atomic E-state index is 12.4. The van der Waals surface area contributed by atoms with Crippen molar-refractivity contribution >= 4 is 18.8 Å². The Balaban J connectivity index is 1.09. The number of carbonyl (C=O) groups is 2. The van der Waals surface area contributed by atoms with Gasteiger partial charge in [0.2, 0.25) is 17.3 Å². The molecule has 1 saturated heterocycles. The zero-order valence-corrected chi connectivity index (χ0v) is 20.3. The van der Waals surface area contributed by atoms with Crippen LogP contribution in [0.15, 0.2) is 48.8 Å². The monoisotopic (exact) mass is 479 g/mol. The van der Waals surface area contributed by atoms with Crippen LogP contribution in [0.2, 0.25) is 0 Å². The van der Waals surface area contributed by atoms with E-state index in [0.29, 0.717) is 19.4 Å². The summed E-state index contributed by atoms with van der Waals surface area (Å²) in [6.45, 7) is 3.66. The highest BCUT2D eigenvalue weighted by molar-refractivity contribution is 6.43. The Hall–Kier alpha value is -2.62. The first-order valence-corrected chi connectivity index (χ1v) is 13.0. The molecule has 3 aliphatic rings. The van der Waals surface area contributed by atoms with Gasteiger partial charge in [0, 0.05) is 50.1 Å². The summed E-state index contributed by atoms with van der Waals surface area (Å²) < 4.78 is 5.83. The number of amides is 1. The van der Waals surface area contributed by atoms with Crippen LogP contribution in [0.25, 0.3) is 0 Å². The molecule has 5 rings (SSSR count). The molecule has 9 heteroatoms. The quantitative estimate of drug-likeness (QED) is 0.231. The summed E-state index contributed by atoms with van der Waals surface area (Å²) >= 11 is 0. The predicted molar refractivity (Wildman–Crippen MR) is 128 cm³/mol. The lowest BCUT2D eigenvalue weighted by Crippen LogP contribution is -2.62. The summed E-state index contributed by atoms with van der Waals surface area (Å²) in [4.78, 5) is 26.3. The molecule has 35 heavy (non-hydrogen) atoms. The van der Waals surface area contributed by atoms with Crippen LogP contribution in [-0.4, -0.2) is 57.3 Å². The maximum Gasteiger partial charge on any atom is 0.484 e. The second-order valence-corrected chi connectivity index (χ2v) is 10.4. The van der Waals surface area contributed by atoms with Gasteiger partial charge in [-0.2, -0.15) is 4.48 Å². The lowest BCUT2D eigenvalue weighted by molar-refractivity contribution is -1.16. The molecule has 0 aliphatic carbocycles. The molecule has 1 amide bonds. The molecule has 8 nitrogen and oxygen atoms in total. The van der Waals surface area contributed by atoms with Crippen LogP contribution < -0.4 is 9.13 Å². The summed E-state index contributed by atoms with van der Waals surface area (Å²) in [5, 5.41) is 18.9. The number of nitrogens with zero attached hydrogens (tertiary/aromatic N) is 4. The van der Waals surface area contributed by atoms with Gasteiger partial charge in [0.25, 0.3) is 0 Å². The lowest BCUT2D eigenvalue weighted by Gasteiger charge is -2.24. The Morgan fingerprint density at radius 2 is 1.63 bits per heavy atom. The molecule has 3 aliphatic heterocycles. The fraction of sp³-hybridized carbons (Fsp3) is 0.538. The molecule has 0 radical (unpaired) electrons. The Kier molecular flexibility index (Phi) is 7.00. The molecular formula is C26H36BN4O4+3. The van der Waals surface area contributed by atoms with Crippen LogP contribution in [0, 0.1) is 0 Å². The number of quaternary nitrogens is 1. The molecular weight excluding hydrogens is 443 g/mol. The Morgan fingerprint density at radius 3 is 2.29 bits per heavy atom. The van der Waals surface area contributed by atoms with Crippen LogP contribution in [-0.2, 0) is 22.7 Å². The third-order valence-corrected chi connectivity index (χ3v) is 8.04. The van der Waals surface area contributed by atoms with E-state index in [1.54, 1.807) is 0 Å². The lowest BCUT2D eigenvalue weighted by atomic mass is 9.78. The number of pyridine rings is 2. The summed E-state index contributed by atoms with van der Waals surface area (Å²) in [6, 6.07) is 12.9. The highest BCUT2D eigenvalue weighted by Crippen LogP contribution is 2.34. The first-order valence-electron chi connectivity index (χ1n) is 13.0. The first kappa shape index (κ1) is 24.1. The first-order chi connectivity index (χ1) is 17.0. The van der Waals surface area contributed by atoms with Gasteiger partial charge in [0.15, 0.2) is 25.5 Å². The molecule has 1 atom stereocenters. The molecule has 2 N–H and O–H groups in total. The van der Waals surface area contributed by atoms with E-state index < -0.39 is 13.1 Å². The van der Waals surface area contributed by atoms with E-state index in [-0.39, 0.29) is 30.8 Å². The SMILES string of the molecule is O=C(CCCCC[N+]12Cc3cccc[n+]3C1[n+]1ccccc1C2)CCC(=O)N1CCCC1B(O)O. The number of rotatable bonds is 10. The van der Waals surface area contributed by atoms with Gasteiger partial charge in [0.05, 0.1) is 12.5 Å². The van der Waals surface area contributed by atoms with Gasteiger partial charge in [-0.05, 0) is 44.2 Å². The fourth-order valence-corrected chi connectivity index (χ4v) is 6.35. The minimum Gasteiger partial charge on any atom is -0.426 e. The van der Waals surface area contributed by atoms with Crippen LogP contribution in [0.1, 0.15) is 69.0 Å². The number of likely N-dealkylation sites (tertiary alicyclic amines) is 1. The average Bonchev–Trinajstić information content (AvgIpc) is 3.53. The van der Waals surface area contributed by atoms with Crippen molar-refractivity contribution in [2.45, 2.75) is 76.7 Å². The van der Waals surface area contributed by atoms with Crippen LogP contribution in [0.3, 0.4) is 0 Å². The van der Waals surface area contributed by atoms with E-state index in [2.05, 4.69) is 57.9 Å². The van der Waals surface area contributed by atoms with Crippen molar-refractivity contribution < 1.29 is 33.3 Å². The second-order valence-electron chi connectivity index (χ2n) is 10.4. The van der Waals surface area contributed by atoms with E-state index in [9.17, 15) is 19.6 Å². The van der Waals surface area contributed by atoms with Gasteiger partial charge in [0.1, 0.15) is 5.78 Å². The minimum atomic E-state index is -1.51. The molecule has 0 spiro atoms. The molecule has 0 aromatic carbocycles. The Labute approximate surface area is 207 Å². The van der Waals surface area contributed by atoms with E-state index in [0.717, 1.165) is 49.8 Å². The van der Waals surface area contributed by atoms with E-state index in [1.165, 1.54) is 16.3 Å². The topological polar surface area (TPSA) is 85.6 Å². The summed E-state index contributed by atoms with van der Waals surface area (Å²) in [5.74, 6) is -0.552. The number of fused-ring (bicyclic) bond motifs is 5. The molecule has 1 fully saturated rings. The number of hydrogen-bond acceptors (Lipinski definition) is 4. The molecule has 1 unspecified atom stereocenters. The van der Waals surface area contributed by atoms with E-state index in [1.807, 2.05) is 0 Å². The largest absolute Gasteiger partial charge is 0.484 e. The molecule has 0 bridgehead atoms. The van der Waals surface area contributed by atoms with E-state index >= 15 is 0 Å². The van der Waals surface area contributed by atoms with Crippen molar-refractivity contribution in [3.05, 3.63) is 60.2 Å². The number of Topliss-reactive ketones (excluding diaryl/α,β-unsaturated/α-hetero) is 1. The minimum absolute atomic E-state index is 0.122. The normalized spacial score (nSPS) is 24.2. The van der Waals surface area contributed by atoms with Crippen molar-refractivity contribution in [3.63, 3.8) is 0 Å². The van der Waals surface area contributed by atoms with Crippen LogP contribution in [0.4, 0.5) is 0 Å². The number of carbonyl (C=O) groups excluding carboxylic acids is 2. The van der Waals surface area contributed by atoms with Gasteiger partial charge in [-0.15, -0.1) is 0 Å². The van der Waals surface area contributed by atoms with Crippen molar-refractivity contribution in [2.75, 3.05) is 13.1 Å². The molecule has 184 valence electrons. The van der Waals surface area contributed by atoms with Crippen molar-refractivity contribution in [2.24, 2.45) is 0 Å². The summed E-state index contributed by atoms with van der Waals surface area (Å²) in [7, 11) is -1.51. The summed E-state index contributed by atoms with van der Waals surface area (Å²) in [5.41, 5.74) is 2.74. The highest BCUT2D eigenvalue weighted by Gasteiger charge is 2.63.